The summed E-state index contributed by atoms with van der Waals surface area (Å²) >= 11 is 0. The van der Waals surface area contributed by atoms with Crippen molar-refractivity contribution in [3.05, 3.63) is 0 Å². The molecular formula is C11H19N3O4. The van der Waals surface area contributed by atoms with Gasteiger partial charge in [0.1, 0.15) is 6.54 Å². The monoisotopic (exact) mass is 257 g/mol. The van der Waals surface area contributed by atoms with Gasteiger partial charge < -0.3 is 21.1 Å². The first kappa shape index (κ1) is 14.4. The second kappa shape index (κ2) is 6.95. The molecule has 0 aromatic heterocycles. The zero-order chi connectivity index (χ0) is 13.5. The normalized spacial score (nSPS) is 23.2. The minimum atomic E-state index is -1.11. The SMILES string of the molecule is CC1CC(C(=O)NCC(=O)NCC(=O)O)CCN1. The van der Waals surface area contributed by atoms with Gasteiger partial charge in [0.2, 0.25) is 11.8 Å². The third kappa shape index (κ3) is 5.13. The highest BCUT2D eigenvalue weighted by atomic mass is 16.4. The molecule has 2 unspecified atom stereocenters. The Kier molecular flexibility index (Phi) is 5.57. The van der Waals surface area contributed by atoms with E-state index in [1.54, 1.807) is 0 Å². The number of hydrogen-bond acceptors (Lipinski definition) is 4. The third-order valence-electron chi connectivity index (χ3n) is 2.85. The molecule has 1 aliphatic rings. The molecule has 7 heteroatoms. The number of carbonyl (C=O) groups excluding carboxylic acids is 2. The van der Waals surface area contributed by atoms with E-state index >= 15 is 0 Å². The molecule has 102 valence electrons. The van der Waals surface area contributed by atoms with E-state index in [-0.39, 0.29) is 18.4 Å². The van der Waals surface area contributed by atoms with E-state index in [1.165, 1.54) is 0 Å². The lowest BCUT2D eigenvalue weighted by atomic mass is 9.92. The number of hydrogen-bond donors (Lipinski definition) is 4. The molecule has 0 radical (unpaired) electrons. The number of aliphatic carboxylic acids is 1. The molecule has 1 fully saturated rings. The third-order valence-corrected chi connectivity index (χ3v) is 2.85. The van der Waals surface area contributed by atoms with Crippen LogP contribution < -0.4 is 16.0 Å². The van der Waals surface area contributed by atoms with Crippen LogP contribution in [-0.2, 0) is 14.4 Å². The predicted octanol–water partition coefficient (Wildman–Crippen LogP) is -1.31. The molecule has 2 atom stereocenters. The summed E-state index contributed by atoms with van der Waals surface area (Å²) in [6.45, 7) is 2.20. The van der Waals surface area contributed by atoms with Crippen molar-refractivity contribution in [1.29, 1.82) is 0 Å². The fourth-order valence-corrected chi connectivity index (χ4v) is 1.92. The Bertz CT molecular complexity index is 332. The summed E-state index contributed by atoms with van der Waals surface area (Å²) in [5, 5.41) is 16.3. The van der Waals surface area contributed by atoms with E-state index in [1.807, 2.05) is 6.92 Å². The Labute approximate surface area is 105 Å². The second-order valence-electron chi connectivity index (χ2n) is 4.46. The summed E-state index contributed by atoms with van der Waals surface area (Å²) in [7, 11) is 0. The minimum absolute atomic E-state index is 0.0754. The Morgan fingerprint density at radius 1 is 1.28 bits per heavy atom. The lowest BCUT2D eigenvalue weighted by molar-refractivity contribution is -0.137. The van der Waals surface area contributed by atoms with Crippen molar-refractivity contribution in [3.63, 3.8) is 0 Å². The van der Waals surface area contributed by atoms with Gasteiger partial charge in [0.05, 0.1) is 6.54 Å². The highest BCUT2D eigenvalue weighted by molar-refractivity contribution is 5.87. The minimum Gasteiger partial charge on any atom is -0.480 e. The molecule has 0 spiro atoms. The molecule has 0 aromatic rings. The second-order valence-corrected chi connectivity index (χ2v) is 4.46. The van der Waals surface area contributed by atoms with Crippen LogP contribution in [0.15, 0.2) is 0 Å². The fourth-order valence-electron chi connectivity index (χ4n) is 1.92. The molecule has 0 bridgehead atoms. The number of amides is 2. The summed E-state index contributed by atoms with van der Waals surface area (Å²) in [6, 6.07) is 0.301. The highest BCUT2D eigenvalue weighted by Crippen LogP contribution is 2.15. The van der Waals surface area contributed by atoms with Crippen LogP contribution in [0.2, 0.25) is 0 Å². The van der Waals surface area contributed by atoms with Crippen molar-refractivity contribution in [2.75, 3.05) is 19.6 Å². The van der Waals surface area contributed by atoms with E-state index in [0.717, 1.165) is 19.4 Å². The first-order chi connectivity index (χ1) is 8.49. The molecular weight excluding hydrogens is 238 g/mol. The van der Waals surface area contributed by atoms with Gasteiger partial charge in [0.25, 0.3) is 0 Å². The van der Waals surface area contributed by atoms with E-state index in [2.05, 4.69) is 16.0 Å². The molecule has 1 aliphatic heterocycles. The maximum absolute atomic E-state index is 11.8. The summed E-state index contributed by atoms with van der Waals surface area (Å²) in [5.74, 6) is -1.82. The smallest absolute Gasteiger partial charge is 0.322 e. The molecule has 1 saturated heterocycles. The molecule has 0 aliphatic carbocycles. The van der Waals surface area contributed by atoms with Crippen LogP contribution in [0, 0.1) is 5.92 Å². The standard InChI is InChI=1S/C11H19N3O4/c1-7-4-8(2-3-12-7)11(18)14-5-9(15)13-6-10(16)17/h7-8,12H,2-6H2,1H3,(H,13,15)(H,14,18)(H,16,17). The van der Waals surface area contributed by atoms with Gasteiger partial charge in [-0.05, 0) is 26.3 Å². The van der Waals surface area contributed by atoms with Gasteiger partial charge in [-0.3, -0.25) is 14.4 Å². The molecule has 18 heavy (non-hydrogen) atoms. The summed E-state index contributed by atoms with van der Waals surface area (Å²) in [6.07, 6.45) is 1.51. The van der Waals surface area contributed by atoms with Crippen molar-refractivity contribution in [2.45, 2.75) is 25.8 Å². The molecule has 1 heterocycles. The zero-order valence-corrected chi connectivity index (χ0v) is 10.4. The van der Waals surface area contributed by atoms with Crippen LogP contribution in [0.1, 0.15) is 19.8 Å². The summed E-state index contributed by atoms with van der Waals surface area (Å²) in [5.41, 5.74) is 0. The highest BCUT2D eigenvalue weighted by Gasteiger charge is 2.24. The Hall–Kier alpha value is -1.63. The van der Waals surface area contributed by atoms with Crippen molar-refractivity contribution >= 4 is 17.8 Å². The van der Waals surface area contributed by atoms with Gasteiger partial charge >= 0.3 is 5.97 Å². The van der Waals surface area contributed by atoms with Crippen molar-refractivity contribution in [2.24, 2.45) is 5.92 Å². The van der Waals surface area contributed by atoms with E-state index in [9.17, 15) is 14.4 Å². The van der Waals surface area contributed by atoms with E-state index < -0.39 is 18.4 Å². The molecule has 4 N–H and O–H groups in total. The molecule has 7 nitrogen and oxygen atoms in total. The Morgan fingerprint density at radius 3 is 2.61 bits per heavy atom. The van der Waals surface area contributed by atoms with Crippen LogP contribution >= 0.6 is 0 Å². The van der Waals surface area contributed by atoms with Crippen molar-refractivity contribution in [1.82, 2.24) is 16.0 Å². The van der Waals surface area contributed by atoms with Crippen LogP contribution in [-0.4, -0.2) is 48.6 Å². The largest absolute Gasteiger partial charge is 0.480 e. The number of carbonyl (C=O) groups is 3. The van der Waals surface area contributed by atoms with Gasteiger partial charge in [-0.1, -0.05) is 0 Å². The molecule has 2 amide bonds. The maximum Gasteiger partial charge on any atom is 0.322 e. The van der Waals surface area contributed by atoms with Crippen LogP contribution in [0.25, 0.3) is 0 Å². The Balaban J connectivity index is 2.23. The average molecular weight is 257 g/mol. The van der Waals surface area contributed by atoms with E-state index in [0.29, 0.717) is 6.04 Å². The lowest BCUT2D eigenvalue weighted by Crippen LogP contribution is -2.45. The van der Waals surface area contributed by atoms with Gasteiger partial charge in [0, 0.05) is 12.0 Å². The van der Waals surface area contributed by atoms with Gasteiger partial charge in [-0.25, -0.2) is 0 Å². The van der Waals surface area contributed by atoms with E-state index in [4.69, 9.17) is 5.11 Å². The lowest BCUT2D eigenvalue weighted by Gasteiger charge is -2.26. The number of carboxylic acid groups (broad SMARTS) is 1. The van der Waals surface area contributed by atoms with Gasteiger partial charge in [-0.15, -0.1) is 0 Å². The predicted molar refractivity (Wildman–Crippen MR) is 63.8 cm³/mol. The number of rotatable bonds is 5. The zero-order valence-electron chi connectivity index (χ0n) is 10.4. The fraction of sp³-hybridized carbons (Fsp3) is 0.727. The number of nitrogens with one attached hydrogen (secondary N) is 3. The topological polar surface area (TPSA) is 108 Å². The number of piperidine rings is 1. The van der Waals surface area contributed by atoms with Crippen molar-refractivity contribution in [3.8, 4) is 0 Å². The average Bonchev–Trinajstić information content (AvgIpc) is 2.33. The molecule has 0 aromatic carbocycles. The number of carboxylic acids is 1. The molecule has 1 rings (SSSR count). The summed E-state index contributed by atoms with van der Waals surface area (Å²) in [4.78, 5) is 33.2. The van der Waals surface area contributed by atoms with Crippen molar-refractivity contribution < 1.29 is 19.5 Å². The first-order valence-corrected chi connectivity index (χ1v) is 5.98. The summed E-state index contributed by atoms with van der Waals surface area (Å²) < 4.78 is 0. The molecule has 0 saturated carbocycles. The maximum atomic E-state index is 11.8. The van der Waals surface area contributed by atoms with Crippen LogP contribution in [0.4, 0.5) is 0 Å². The first-order valence-electron chi connectivity index (χ1n) is 5.98. The van der Waals surface area contributed by atoms with Crippen LogP contribution in [0.3, 0.4) is 0 Å². The quantitative estimate of drug-likeness (QED) is 0.489. The van der Waals surface area contributed by atoms with Gasteiger partial charge in [-0.2, -0.15) is 0 Å². The van der Waals surface area contributed by atoms with Gasteiger partial charge in [0.15, 0.2) is 0 Å². The Morgan fingerprint density at radius 2 is 2.00 bits per heavy atom. The van der Waals surface area contributed by atoms with Crippen LogP contribution in [0.5, 0.6) is 0 Å².